The molecule has 1 N–H and O–H groups in total. The first-order valence-electron chi connectivity index (χ1n) is 6.91. The Bertz CT molecular complexity index is 524. The third-order valence-electron chi connectivity index (χ3n) is 3.06. The average Bonchev–Trinajstić information content (AvgIpc) is 2.32. The van der Waals surface area contributed by atoms with Gasteiger partial charge in [0.25, 0.3) is 0 Å². The minimum atomic E-state index is -2.89. The van der Waals surface area contributed by atoms with Crippen molar-refractivity contribution >= 4 is 9.84 Å². The number of rotatable bonds is 8. The molecule has 0 bridgehead atoms. The first kappa shape index (κ1) is 17.0. The van der Waals surface area contributed by atoms with Crippen LogP contribution in [0.4, 0.5) is 0 Å². The fraction of sp³-hybridized carbons (Fsp3) is 0.600. The Labute approximate surface area is 122 Å². The van der Waals surface area contributed by atoms with Crippen molar-refractivity contribution in [3.63, 3.8) is 0 Å². The van der Waals surface area contributed by atoms with Gasteiger partial charge in [-0.3, -0.25) is 0 Å². The first-order chi connectivity index (χ1) is 9.29. The van der Waals surface area contributed by atoms with Crippen molar-refractivity contribution in [1.82, 2.24) is 5.32 Å². The van der Waals surface area contributed by atoms with E-state index >= 15 is 0 Å². The molecule has 20 heavy (non-hydrogen) atoms. The van der Waals surface area contributed by atoms with E-state index in [1.54, 1.807) is 0 Å². The van der Waals surface area contributed by atoms with E-state index in [1.165, 1.54) is 17.4 Å². The predicted molar refractivity (Wildman–Crippen MR) is 83.3 cm³/mol. The summed E-state index contributed by atoms with van der Waals surface area (Å²) in [6.45, 7) is 8.08. The van der Waals surface area contributed by atoms with Crippen LogP contribution < -0.4 is 10.1 Å². The molecule has 0 aliphatic rings. The standard InChI is InChI=1S/C15H25NO3S/c1-12(2)15-6-5-14(11-13(15)3)19-9-7-16-8-10-20(4,17)18/h5-6,11-12,16H,7-10H2,1-4H3. The molecule has 0 aliphatic carbocycles. The molecule has 0 aromatic heterocycles. The third-order valence-corrected chi connectivity index (χ3v) is 4.01. The minimum Gasteiger partial charge on any atom is -0.492 e. The molecule has 0 amide bonds. The third kappa shape index (κ3) is 6.39. The zero-order chi connectivity index (χ0) is 15.2. The number of hydrogen-bond donors (Lipinski definition) is 1. The van der Waals surface area contributed by atoms with Crippen molar-refractivity contribution in [3.8, 4) is 5.75 Å². The lowest BCUT2D eigenvalue weighted by molar-refractivity contribution is 0.315. The molecular weight excluding hydrogens is 274 g/mol. The van der Waals surface area contributed by atoms with Crippen molar-refractivity contribution in [1.29, 1.82) is 0 Å². The van der Waals surface area contributed by atoms with Gasteiger partial charge in [0.05, 0.1) is 5.75 Å². The highest BCUT2D eigenvalue weighted by Gasteiger charge is 2.05. The number of benzene rings is 1. The highest BCUT2D eigenvalue weighted by Crippen LogP contribution is 2.23. The fourth-order valence-electron chi connectivity index (χ4n) is 2.01. The molecule has 4 nitrogen and oxygen atoms in total. The molecule has 0 saturated heterocycles. The minimum absolute atomic E-state index is 0.162. The number of nitrogens with one attached hydrogen (secondary N) is 1. The summed E-state index contributed by atoms with van der Waals surface area (Å²) in [5.74, 6) is 1.54. The van der Waals surface area contributed by atoms with Crippen LogP contribution in [0.1, 0.15) is 30.9 Å². The van der Waals surface area contributed by atoms with Crippen LogP contribution in [0.2, 0.25) is 0 Å². The molecule has 0 fully saturated rings. The summed E-state index contributed by atoms with van der Waals surface area (Å²) in [6.07, 6.45) is 1.24. The zero-order valence-electron chi connectivity index (χ0n) is 12.8. The largest absolute Gasteiger partial charge is 0.492 e. The Morgan fingerprint density at radius 2 is 1.95 bits per heavy atom. The quantitative estimate of drug-likeness (QED) is 0.747. The molecule has 1 aromatic rings. The first-order valence-corrected chi connectivity index (χ1v) is 8.97. The van der Waals surface area contributed by atoms with Gasteiger partial charge in [0.15, 0.2) is 0 Å². The number of hydrogen-bond acceptors (Lipinski definition) is 4. The van der Waals surface area contributed by atoms with Gasteiger partial charge in [-0.15, -0.1) is 0 Å². The van der Waals surface area contributed by atoms with Gasteiger partial charge in [0, 0.05) is 19.3 Å². The molecule has 0 aliphatic heterocycles. The Morgan fingerprint density at radius 3 is 2.50 bits per heavy atom. The van der Waals surface area contributed by atoms with Gasteiger partial charge >= 0.3 is 0 Å². The van der Waals surface area contributed by atoms with Crippen LogP contribution in [-0.2, 0) is 9.84 Å². The van der Waals surface area contributed by atoms with E-state index in [0.29, 0.717) is 25.6 Å². The van der Waals surface area contributed by atoms with Gasteiger partial charge in [-0.2, -0.15) is 0 Å². The van der Waals surface area contributed by atoms with Crippen LogP contribution in [0.25, 0.3) is 0 Å². The van der Waals surface area contributed by atoms with Crippen LogP contribution in [0.5, 0.6) is 5.75 Å². The van der Waals surface area contributed by atoms with E-state index in [0.717, 1.165) is 5.75 Å². The summed E-state index contributed by atoms with van der Waals surface area (Å²) in [5, 5.41) is 3.05. The van der Waals surface area contributed by atoms with Gasteiger partial charge < -0.3 is 10.1 Å². The van der Waals surface area contributed by atoms with Crippen LogP contribution >= 0.6 is 0 Å². The van der Waals surface area contributed by atoms with E-state index in [1.807, 2.05) is 12.1 Å². The second kappa shape index (κ2) is 7.64. The molecule has 0 unspecified atom stereocenters. The second-order valence-corrected chi connectivity index (χ2v) is 7.66. The summed E-state index contributed by atoms with van der Waals surface area (Å²) in [7, 11) is -2.89. The van der Waals surface area contributed by atoms with Crippen molar-refractivity contribution < 1.29 is 13.2 Å². The van der Waals surface area contributed by atoms with Gasteiger partial charge in [0.1, 0.15) is 22.2 Å². The highest BCUT2D eigenvalue weighted by molar-refractivity contribution is 7.90. The summed E-state index contributed by atoms with van der Waals surface area (Å²) < 4.78 is 27.5. The van der Waals surface area contributed by atoms with Gasteiger partial charge in [-0.25, -0.2) is 8.42 Å². The van der Waals surface area contributed by atoms with Crippen LogP contribution in [0, 0.1) is 6.92 Å². The molecule has 0 spiro atoms. The molecule has 0 saturated carbocycles. The maximum Gasteiger partial charge on any atom is 0.148 e. The Balaban J connectivity index is 2.31. The topological polar surface area (TPSA) is 55.4 Å². The van der Waals surface area contributed by atoms with Gasteiger partial charge in [-0.05, 0) is 36.1 Å². The van der Waals surface area contributed by atoms with Crippen molar-refractivity contribution in [2.45, 2.75) is 26.7 Å². The summed E-state index contributed by atoms with van der Waals surface area (Å²) in [6, 6.07) is 6.14. The average molecular weight is 299 g/mol. The molecule has 0 heterocycles. The molecule has 5 heteroatoms. The van der Waals surface area contributed by atoms with E-state index in [4.69, 9.17) is 4.74 Å². The maximum absolute atomic E-state index is 10.9. The monoisotopic (exact) mass is 299 g/mol. The summed E-state index contributed by atoms with van der Waals surface area (Å²) in [5.41, 5.74) is 2.58. The summed E-state index contributed by atoms with van der Waals surface area (Å²) >= 11 is 0. The normalized spacial score (nSPS) is 11.8. The SMILES string of the molecule is Cc1cc(OCCNCCS(C)(=O)=O)ccc1C(C)C. The Kier molecular flexibility index (Phi) is 6.49. The van der Waals surface area contributed by atoms with Crippen molar-refractivity contribution in [2.24, 2.45) is 0 Å². The van der Waals surface area contributed by atoms with E-state index in [9.17, 15) is 8.42 Å². The summed E-state index contributed by atoms with van der Waals surface area (Å²) in [4.78, 5) is 0. The Morgan fingerprint density at radius 1 is 1.25 bits per heavy atom. The van der Waals surface area contributed by atoms with Crippen LogP contribution in [0.3, 0.4) is 0 Å². The molecule has 0 atom stereocenters. The molecular formula is C15H25NO3S. The fourth-order valence-corrected chi connectivity index (χ4v) is 2.52. The number of aryl methyl sites for hydroxylation is 1. The molecule has 114 valence electrons. The lowest BCUT2D eigenvalue weighted by atomic mass is 9.98. The van der Waals surface area contributed by atoms with Crippen LogP contribution in [0.15, 0.2) is 18.2 Å². The molecule has 1 rings (SSSR count). The highest BCUT2D eigenvalue weighted by atomic mass is 32.2. The lowest BCUT2D eigenvalue weighted by Gasteiger charge is -2.12. The van der Waals surface area contributed by atoms with Gasteiger partial charge in [-0.1, -0.05) is 19.9 Å². The van der Waals surface area contributed by atoms with E-state index < -0.39 is 9.84 Å². The van der Waals surface area contributed by atoms with Crippen LogP contribution in [-0.4, -0.2) is 40.1 Å². The zero-order valence-corrected chi connectivity index (χ0v) is 13.6. The molecule has 1 aromatic carbocycles. The number of ether oxygens (including phenoxy) is 1. The lowest BCUT2D eigenvalue weighted by Crippen LogP contribution is -2.26. The Hall–Kier alpha value is -1.07. The van der Waals surface area contributed by atoms with Crippen molar-refractivity contribution in [2.75, 3.05) is 31.7 Å². The van der Waals surface area contributed by atoms with Crippen molar-refractivity contribution in [3.05, 3.63) is 29.3 Å². The van der Waals surface area contributed by atoms with E-state index in [2.05, 4.69) is 32.2 Å². The smallest absolute Gasteiger partial charge is 0.148 e. The maximum atomic E-state index is 10.9. The second-order valence-electron chi connectivity index (χ2n) is 5.40. The van der Waals surface area contributed by atoms with Gasteiger partial charge in [0.2, 0.25) is 0 Å². The van der Waals surface area contributed by atoms with E-state index in [-0.39, 0.29) is 5.75 Å². The number of sulfone groups is 1. The predicted octanol–water partition coefficient (Wildman–Crippen LogP) is 2.13. The molecule has 0 radical (unpaired) electrons.